The molecule has 0 unspecified atom stereocenters. The molecule has 0 fully saturated rings. The second kappa shape index (κ2) is 5.33. The first-order valence-corrected chi connectivity index (χ1v) is 6.92. The number of aryl methyl sites for hydroxylation is 1. The van der Waals surface area contributed by atoms with E-state index in [2.05, 4.69) is 17.1 Å². The zero-order valence-corrected chi connectivity index (χ0v) is 11.5. The molecule has 4 nitrogen and oxygen atoms in total. The van der Waals surface area contributed by atoms with E-state index in [0.29, 0.717) is 5.69 Å². The molecule has 0 saturated carbocycles. The van der Waals surface area contributed by atoms with Gasteiger partial charge in [0.15, 0.2) is 0 Å². The third-order valence-corrected chi connectivity index (χ3v) is 3.36. The van der Waals surface area contributed by atoms with Gasteiger partial charge in [-0.1, -0.05) is 31.5 Å². The number of benzene rings is 2. The van der Waals surface area contributed by atoms with Crippen LogP contribution in [0.3, 0.4) is 0 Å². The van der Waals surface area contributed by atoms with Gasteiger partial charge >= 0.3 is 0 Å². The topological polar surface area (TPSA) is 50.9 Å². The Kier molecular flexibility index (Phi) is 3.37. The van der Waals surface area contributed by atoms with Crippen LogP contribution in [-0.4, -0.2) is 20.1 Å². The zero-order chi connectivity index (χ0) is 13.9. The first-order valence-electron chi connectivity index (χ1n) is 6.92. The van der Waals surface area contributed by atoms with E-state index in [9.17, 15) is 5.11 Å². The Balaban J connectivity index is 1.97. The van der Waals surface area contributed by atoms with Crippen molar-refractivity contribution in [3.63, 3.8) is 0 Å². The molecule has 20 heavy (non-hydrogen) atoms. The van der Waals surface area contributed by atoms with Crippen LogP contribution in [0.4, 0.5) is 0 Å². The molecule has 4 heteroatoms. The van der Waals surface area contributed by atoms with Gasteiger partial charge in [0.2, 0.25) is 0 Å². The predicted octanol–water partition coefficient (Wildman–Crippen LogP) is 3.47. The molecule has 1 aromatic heterocycles. The monoisotopic (exact) mass is 267 g/mol. The summed E-state index contributed by atoms with van der Waals surface area (Å²) >= 11 is 0. The molecule has 0 atom stereocenters. The van der Waals surface area contributed by atoms with Gasteiger partial charge in [0.25, 0.3) is 0 Å². The third kappa shape index (κ3) is 2.37. The number of rotatable bonds is 4. The van der Waals surface area contributed by atoms with Gasteiger partial charge in [-0.3, -0.25) is 0 Å². The van der Waals surface area contributed by atoms with E-state index in [4.69, 9.17) is 0 Å². The van der Waals surface area contributed by atoms with Crippen molar-refractivity contribution in [2.24, 2.45) is 0 Å². The minimum Gasteiger partial charge on any atom is -0.506 e. The second-order valence-electron chi connectivity index (χ2n) is 4.90. The normalized spacial score (nSPS) is 11.1. The zero-order valence-electron chi connectivity index (χ0n) is 11.5. The molecule has 1 heterocycles. The van der Waals surface area contributed by atoms with Crippen molar-refractivity contribution in [1.29, 1.82) is 0 Å². The number of unbranched alkanes of at least 4 members (excludes halogenated alkanes) is 1. The minimum atomic E-state index is 0.221. The average Bonchev–Trinajstić information content (AvgIpc) is 2.88. The lowest BCUT2D eigenvalue weighted by molar-refractivity contribution is 0.467. The third-order valence-electron chi connectivity index (χ3n) is 3.36. The lowest BCUT2D eigenvalue weighted by Crippen LogP contribution is -1.99. The van der Waals surface area contributed by atoms with E-state index >= 15 is 0 Å². The number of hydrogen-bond acceptors (Lipinski definition) is 3. The van der Waals surface area contributed by atoms with Crippen molar-refractivity contribution in [3.05, 3.63) is 48.0 Å². The summed E-state index contributed by atoms with van der Waals surface area (Å²) in [5.74, 6) is 0.221. The van der Waals surface area contributed by atoms with Gasteiger partial charge in [0.1, 0.15) is 22.5 Å². The molecule has 0 saturated heterocycles. The fraction of sp³-hybridized carbons (Fsp3) is 0.250. The molecule has 3 rings (SSSR count). The first kappa shape index (κ1) is 12.7. The summed E-state index contributed by atoms with van der Waals surface area (Å²) in [5, 5.41) is 18.9. The highest BCUT2D eigenvalue weighted by molar-refractivity contribution is 5.73. The average molecular weight is 267 g/mol. The molecule has 0 aliphatic heterocycles. The number of aromatic nitrogens is 3. The molecule has 102 valence electrons. The molecule has 0 radical (unpaired) electrons. The first-order chi connectivity index (χ1) is 9.78. The van der Waals surface area contributed by atoms with E-state index in [1.54, 1.807) is 6.07 Å². The Hall–Kier alpha value is -2.36. The number of phenols is 1. The van der Waals surface area contributed by atoms with Crippen LogP contribution in [0.2, 0.25) is 0 Å². The van der Waals surface area contributed by atoms with Gasteiger partial charge in [0.05, 0.1) is 0 Å². The van der Waals surface area contributed by atoms with Crippen LogP contribution in [0.25, 0.3) is 16.7 Å². The summed E-state index contributed by atoms with van der Waals surface area (Å²) in [7, 11) is 0. The Morgan fingerprint density at radius 3 is 2.35 bits per heavy atom. The molecule has 1 N–H and O–H groups in total. The Morgan fingerprint density at radius 1 is 1.05 bits per heavy atom. The van der Waals surface area contributed by atoms with Crippen LogP contribution < -0.4 is 0 Å². The van der Waals surface area contributed by atoms with Crippen molar-refractivity contribution in [2.45, 2.75) is 26.2 Å². The summed E-state index contributed by atoms with van der Waals surface area (Å²) in [4.78, 5) is 1.49. The predicted molar refractivity (Wildman–Crippen MR) is 79.1 cm³/mol. The van der Waals surface area contributed by atoms with Crippen molar-refractivity contribution >= 4 is 11.0 Å². The van der Waals surface area contributed by atoms with Crippen LogP contribution in [0.1, 0.15) is 25.3 Å². The number of nitrogens with zero attached hydrogens (tertiary/aromatic N) is 3. The van der Waals surface area contributed by atoms with Crippen molar-refractivity contribution in [3.8, 4) is 11.4 Å². The van der Waals surface area contributed by atoms with E-state index in [1.165, 1.54) is 4.80 Å². The van der Waals surface area contributed by atoms with Gasteiger partial charge in [-0.25, -0.2) is 0 Å². The Labute approximate surface area is 117 Å². The smallest absolute Gasteiger partial charge is 0.143 e. The molecule has 3 aromatic rings. The number of fused-ring (bicyclic) bond motifs is 1. The maximum atomic E-state index is 10.2. The maximum absolute atomic E-state index is 10.2. The van der Waals surface area contributed by atoms with Crippen molar-refractivity contribution in [1.82, 2.24) is 15.0 Å². The summed E-state index contributed by atoms with van der Waals surface area (Å²) < 4.78 is 0. The van der Waals surface area contributed by atoms with Gasteiger partial charge in [-0.2, -0.15) is 0 Å². The van der Waals surface area contributed by atoms with Crippen LogP contribution in [0.15, 0.2) is 42.5 Å². The number of hydrogen-bond donors (Lipinski definition) is 1. The van der Waals surface area contributed by atoms with Gasteiger partial charge in [0, 0.05) is 0 Å². The minimum absolute atomic E-state index is 0.221. The molecule has 0 bridgehead atoms. The van der Waals surface area contributed by atoms with Crippen LogP contribution in [0.5, 0.6) is 5.75 Å². The molecular weight excluding hydrogens is 250 g/mol. The Morgan fingerprint density at radius 2 is 1.75 bits per heavy atom. The van der Waals surface area contributed by atoms with Gasteiger partial charge in [-0.15, -0.1) is 15.0 Å². The van der Waals surface area contributed by atoms with Crippen molar-refractivity contribution in [2.75, 3.05) is 0 Å². The maximum Gasteiger partial charge on any atom is 0.143 e. The molecule has 0 spiro atoms. The molecule has 2 aromatic carbocycles. The largest absolute Gasteiger partial charge is 0.506 e. The fourth-order valence-corrected chi connectivity index (χ4v) is 2.24. The van der Waals surface area contributed by atoms with Crippen LogP contribution in [0, 0.1) is 0 Å². The molecule has 0 amide bonds. The highest BCUT2D eigenvalue weighted by Gasteiger charge is 2.09. The van der Waals surface area contributed by atoms with Crippen molar-refractivity contribution < 1.29 is 5.11 Å². The van der Waals surface area contributed by atoms with Crippen LogP contribution in [-0.2, 0) is 6.42 Å². The molecule has 0 aliphatic rings. The highest BCUT2D eigenvalue weighted by Crippen LogP contribution is 2.23. The lowest BCUT2D eigenvalue weighted by Gasteiger charge is -2.05. The van der Waals surface area contributed by atoms with Crippen LogP contribution >= 0.6 is 0 Å². The fourth-order valence-electron chi connectivity index (χ4n) is 2.24. The second-order valence-corrected chi connectivity index (χ2v) is 4.90. The standard InChI is InChI=1S/C16H17N3O/c1-2-3-6-12-9-10-15(16(20)11-12)19-17-13-7-4-5-8-14(13)18-19/h4-5,7-11,20H,2-3,6H2,1H3. The lowest BCUT2D eigenvalue weighted by atomic mass is 10.1. The SMILES string of the molecule is CCCCc1ccc(-n2nc3ccccc3n2)c(O)c1. The highest BCUT2D eigenvalue weighted by atomic mass is 16.3. The van der Waals surface area contributed by atoms with Gasteiger partial charge in [-0.05, 0) is 42.7 Å². The number of phenolic OH excluding ortho intramolecular Hbond substituents is 1. The summed E-state index contributed by atoms with van der Waals surface area (Å²) in [5.41, 5.74) is 3.40. The summed E-state index contributed by atoms with van der Waals surface area (Å²) in [6.45, 7) is 2.16. The molecule has 0 aliphatic carbocycles. The Bertz CT molecular complexity index is 700. The van der Waals surface area contributed by atoms with E-state index in [1.807, 2.05) is 36.4 Å². The molecular formula is C16H17N3O. The summed E-state index contributed by atoms with van der Waals surface area (Å²) in [6, 6.07) is 13.4. The van der Waals surface area contributed by atoms with E-state index < -0.39 is 0 Å². The van der Waals surface area contributed by atoms with E-state index in [-0.39, 0.29) is 5.75 Å². The summed E-state index contributed by atoms with van der Waals surface area (Å²) in [6.07, 6.45) is 3.26. The quantitative estimate of drug-likeness (QED) is 0.787. The van der Waals surface area contributed by atoms with E-state index in [0.717, 1.165) is 35.9 Å². The number of aromatic hydroxyl groups is 1. The van der Waals surface area contributed by atoms with Gasteiger partial charge < -0.3 is 5.11 Å².